The van der Waals surface area contributed by atoms with Crippen molar-refractivity contribution in [2.24, 2.45) is 0 Å². The highest BCUT2D eigenvalue weighted by atomic mass is 32.2. The third-order valence-corrected chi connectivity index (χ3v) is 3.77. The molecule has 18 heavy (non-hydrogen) atoms. The molecule has 0 aliphatic carbocycles. The zero-order valence-corrected chi connectivity index (χ0v) is 11.1. The summed E-state index contributed by atoms with van der Waals surface area (Å²) in [5.41, 5.74) is 0.365. The van der Waals surface area contributed by atoms with Gasteiger partial charge in [0, 0.05) is 6.54 Å². The summed E-state index contributed by atoms with van der Waals surface area (Å²) in [6, 6.07) is 6.36. The number of sulfonamides is 1. The number of nitrogens with one attached hydrogen (secondary N) is 2. The minimum atomic E-state index is -3.56. The van der Waals surface area contributed by atoms with Gasteiger partial charge in [0.1, 0.15) is 11.4 Å². The molecule has 0 saturated carbocycles. The van der Waals surface area contributed by atoms with Crippen LogP contribution >= 0.6 is 0 Å². The molecule has 100 valence electrons. The van der Waals surface area contributed by atoms with Crippen molar-refractivity contribution < 1.29 is 17.9 Å². The highest BCUT2D eigenvalue weighted by Gasteiger charge is 2.17. The molecule has 0 bridgehead atoms. The van der Waals surface area contributed by atoms with Gasteiger partial charge >= 0.3 is 5.97 Å². The van der Waals surface area contributed by atoms with Crippen LogP contribution in [0.1, 0.15) is 6.92 Å². The van der Waals surface area contributed by atoms with Gasteiger partial charge in [-0.2, -0.15) is 0 Å². The number of methoxy groups -OCH3 is 1. The van der Waals surface area contributed by atoms with Crippen molar-refractivity contribution in [3.05, 3.63) is 24.3 Å². The Bertz CT molecular complexity index is 514. The molecular weight excluding hydrogens is 256 g/mol. The highest BCUT2D eigenvalue weighted by Crippen LogP contribution is 2.20. The third kappa shape index (κ3) is 3.71. The SMILES string of the molecule is CCNS(=O)(=O)c1ccccc1NCC(=O)OC. The second-order valence-corrected chi connectivity index (χ2v) is 5.16. The number of anilines is 1. The van der Waals surface area contributed by atoms with Crippen LogP contribution in [-0.2, 0) is 19.6 Å². The number of esters is 1. The number of rotatable bonds is 6. The standard InChI is InChI=1S/C11H16N2O4S/c1-3-13-18(15,16)10-7-5-4-6-9(10)12-8-11(14)17-2/h4-7,12-13H,3,8H2,1-2H3. The maximum Gasteiger partial charge on any atom is 0.325 e. The van der Waals surface area contributed by atoms with Crippen LogP contribution in [0.25, 0.3) is 0 Å². The van der Waals surface area contributed by atoms with Crippen LogP contribution in [0.5, 0.6) is 0 Å². The maximum absolute atomic E-state index is 11.9. The van der Waals surface area contributed by atoms with Gasteiger partial charge in [0.05, 0.1) is 12.8 Å². The zero-order valence-electron chi connectivity index (χ0n) is 10.3. The summed E-state index contributed by atoms with van der Waals surface area (Å²) >= 11 is 0. The van der Waals surface area contributed by atoms with Crippen molar-refractivity contribution in [3.63, 3.8) is 0 Å². The lowest BCUT2D eigenvalue weighted by atomic mass is 10.3. The van der Waals surface area contributed by atoms with Gasteiger partial charge in [-0.15, -0.1) is 0 Å². The summed E-state index contributed by atoms with van der Waals surface area (Å²) in [5, 5.41) is 2.73. The molecule has 0 fully saturated rings. The monoisotopic (exact) mass is 272 g/mol. The number of carbonyl (C=O) groups is 1. The van der Waals surface area contributed by atoms with Crippen LogP contribution in [-0.4, -0.2) is 34.6 Å². The first-order chi connectivity index (χ1) is 8.51. The average molecular weight is 272 g/mol. The Morgan fingerprint density at radius 1 is 1.33 bits per heavy atom. The largest absolute Gasteiger partial charge is 0.468 e. The molecule has 1 aromatic rings. The number of carbonyl (C=O) groups excluding carboxylic acids is 1. The molecule has 0 saturated heterocycles. The van der Waals surface area contributed by atoms with E-state index in [2.05, 4.69) is 14.8 Å². The van der Waals surface area contributed by atoms with E-state index < -0.39 is 16.0 Å². The molecule has 0 atom stereocenters. The number of benzene rings is 1. The Kier molecular flexibility index (Phi) is 5.11. The molecule has 1 rings (SSSR count). The first kappa shape index (κ1) is 14.5. The van der Waals surface area contributed by atoms with Crippen LogP contribution < -0.4 is 10.0 Å². The fourth-order valence-electron chi connectivity index (χ4n) is 1.35. The van der Waals surface area contributed by atoms with Gasteiger partial charge in [0.25, 0.3) is 0 Å². The predicted octanol–water partition coefficient (Wildman–Crippen LogP) is 0.570. The lowest BCUT2D eigenvalue weighted by Crippen LogP contribution is -2.25. The molecular formula is C11H16N2O4S. The molecule has 0 radical (unpaired) electrons. The first-order valence-corrected chi connectivity index (χ1v) is 6.89. The summed E-state index contributed by atoms with van der Waals surface area (Å²) in [6.45, 7) is 1.91. The van der Waals surface area contributed by atoms with Gasteiger partial charge in [-0.05, 0) is 12.1 Å². The molecule has 1 aromatic carbocycles. The lowest BCUT2D eigenvalue weighted by molar-refractivity contribution is -0.138. The Hall–Kier alpha value is -1.60. The summed E-state index contributed by atoms with van der Waals surface area (Å²) < 4.78 is 30.7. The molecule has 0 heterocycles. The average Bonchev–Trinajstić information content (AvgIpc) is 2.36. The van der Waals surface area contributed by atoms with E-state index in [9.17, 15) is 13.2 Å². The Labute approximate surface area is 106 Å². The molecule has 0 aliphatic rings. The normalized spacial score (nSPS) is 11.0. The summed E-state index contributed by atoms with van der Waals surface area (Å²) in [6.07, 6.45) is 0. The quantitative estimate of drug-likeness (QED) is 0.740. The Balaban J connectivity index is 2.96. The van der Waals surface area contributed by atoms with Gasteiger partial charge in [-0.25, -0.2) is 13.1 Å². The maximum atomic E-state index is 11.9. The molecule has 0 aromatic heterocycles. The highest BCUT2D eigenvalue weighted by molar-refractivity contribution is 7.89. The van der Waals surface area contributed by atoms with E-state index in [1.165, 1.54) is 13.2 Å². The minimum Gasteiger partial charge on any atom is -0.468 e. The van der Waals surface area contributed by atoms with Gasteiger partial charge in [-0.1, -0.05) is 19.1 Å². The van der Waals surface area contributed by atoms with Crippen LogP contribution in [0.4, 0.5) is 5.69 Å². The van der Waals surface area contributed by atoms with Crippen molar-refractivity contribution in [3.8, 4) is 0 Å². The zero-order chi connectivity index (χ0) is 13.6. The van der Waals surface area contributed by atoms with Crippen LogP contribution in [0.2, 0.25) is 0 Å². The van der Waals surface area contributed by atoms with E-state index in [0.717, 1.165) is 0 Å². The van der Waals surface area contributed by atoms with Crippen LogP contribution in [0.3, 0.4) is 0 Å². The molecule has 0 unspecified atom stereocenters. The number of para-hydroxylation sites is 1. The van der Waals surface area contributed by atoms with Gasteiger partial charge in [0.15, 0.2) is 0 Å². The fraction of sp³-hybridized carbons (Fsp3) is 0.364. The van der Waals surface area contributed by atoms with E-state index >= 15 is 0 Å². The van der Waals surface area contributed by atoms with Crippen molar-refractivity contribution in [2.75, 3.05) is 25.5 Å². The molecule has 7 heteroatoms. The minimum absolute atomic E-state index is 0.0881. The summed E-state index contributed by atoms with van der Waals surface area (Å²) in [4.78, 5) is 11.1. The van der Waals surface area contributed by atoms with Crippen molar-refractivity contribution in [1.29, 1.82) is 0 Å². The number of hydrogen-bond acceptors (Lipinski definition) is 5. The molecule has 0 amide bonds. The van der Waals surface area contributed by atoms with E-state index in [0.29, 0.717) is 12.2 Å². The van der Waals surface area contributed by atoms with Crippen molar-refractivity contribution in [2.45, 2.75) is 11.8 Å². The molecule has 0 spiro atoms. The predicted molar refractivity (Wildman–Crippen MR) is 67.8 cm³/mol. The molecule has 6 nitrogen and oxygen atoms in total. The molecule has 0 aliphatic heterocycles. The fourth-order valence-corrected chi connectivity index (χ4v) is 2.58. The Morgan fingerprint density at radius 2 is 2.00 bits per heavy atom. The van der Waals surface area contributed by atoms with Gasteiger partial charge in [0.2, 0.25) is 10.0 Å². The van der Waals surface area contributed by atoms with Crippen LogP contribution in [0.15, 0.2) is 29.2 Å². The second-order valence-electron chi connectivity index (χ2n) is 3.43. The van der Waals surface area contributed by atoms with Crippen molar-refractivity contribution >= 4 is 21.7 Å². The molecule has 2 N–H and O–H groups in total. The van der Waals surface area contributed by atoms with E-state index in [1.54, 1.807) is 25.1 Å². The number of ether oxygens (including phenoxy) is 1. The van der Waals surface area contributed by atoms with Crippen molar-refractivity contribution in [1.82, 2.24) is 4.72 Å². The third-order valence-electron chi connectivity index (χ3n) is 2.16. The lowest BCUT2D eigenvalue weighted by Gasteiger charge is -2.11. The van der Waals surface area contributed by atoms with Crippen LogP contribution in [0, 0.1) is 0 Å². The number of hydrogen-bond donors (Lipinski definition) is 2. The van der Waals surface area contributed by atoms with E-state index in [4.69, 9.17) is 0 Å². The summed E-state index contributed by atoms with van der Waals surface area (Å²) in [7, 11) is -2.29. The van der Waals surface area contributed by atoms with E-state index in [-0.39, 0.29) is 11.4 Å². The Morgan fingerprint density at radius 3 is 2.61 bits per heavy atom. The van der Waals surface area contributed by atoms with Gasteiger partial charge < -0.3 is 10.1 Å². The topological polar surface area (TPSA) is 84.5 Å². The van der Waals surface area contributed by atoms with E-state index in [1.807, 2.05) is 0 Å². The second kappa shape index (κ2) is 6.36. The van der Waals surface area contributed by atoms with Gasteiger partial charge in [-0.3, -0.25) is 4.79 Å². The summed E-state index contributed by atoms with van der Waals surface area (Å²) in [5.74, 6) is -0.467. The first-order valence-electron chi connectivity index (χ1n) is 5.40. The smallest absolute Gasteiger partial charge is 0.325 e.